The van der Waals surface area contributed by atoms with Gasteiger partial charge in [0.2, 0.25) is 5.91 Å². The van der Waals surface area contributed by atoms with Gasteiger partial charge in [-0.05, 0) is 37.0 Å². The van der Waals surface area contributed by atoms with Gasteiger partial charge in [-0.15, -0.1) is 0 Å². The predicted octanol–water partition coefficient (Wildman–Crippen LogP) is 1.86. The smallest absolute Gasteiger partial charge is 0.223 e. The fourth-order valence-corrected chi connectivity index (χ4v) is 2.09. The summed E-state index contributed by atoms with van der Waals surface area (Å²) in [6, 6.07) is 7.74. The van der Waals surface area contributed by atoms with E-state index in [2.05, 4.69) is 24.1 Å². The first-order valence-corrected chi connectivity index (χ1v) is 6.62. The summed E-state index contributed by atoms with van der Waals surface area (Å²) in [6.07, 6.45) is 1.01. The number of aliphatic hydroxyl groups is 1. The maximum Gasteiger partial charge on any atom is 0.223 e. The Morgan fingerprint density at radius 2 is 2.11 bits per heavy atom. The molecule has 1 aliphatic carbocycles. The summed E-state index contributed by atoms with van der Waals surface area (Å²) in [6.45, 7) is 3.96. The van der Waals surface area contributed by atoms with Crippen LogP contribution >= 0.6 is 0 Å². The Morgan fingerprint density at radius 3 is 2.63 bits per heavy atom. The Hall–Kier alpha value is -1.79. The largest absolute Gasteiger partial charge is 0.384 e. The van der Waals surface area contributed by atoms with Crippen LogP contribution in [0.4, 0.5) is 0 Å². The van der Waals surface area contributed by atoms with Gasteiger partial charge in [0.05, 0.1) is 6.04 Å². The molecule has 3 heteroatoms. The van der Waals surface area contributed by atoms with Crippen LogP contribution in [0.1, 0.15) is 37.4 Å². The molecule has 100 valence electrons. The molecule has 3 atom stereocenters. The first-order chi connectivity index (χ1) is 9.11. The highest BCUT2D eigenvalue weighted by Crippen LogP contribution is 2.38. The maximum absolute atomic E-state index is 11.8. The fraction of sp³-hybridized carbons (Fsp3) is 0.438. The van der Waals surface area contributed by atoms with E-state index in [4.69, 9.17) is 5.11 Å². The van der Waals surface area contributed by atoms with Crippen LogP contribution in [0.3, 0.4) is 0 Å². The van der Waals surface area contributed by atoms with Crippen molar-refractivity contribution >= 4 is 5.91 Å². The lowest BCUT2D eigenvalue weighted by Crippen LogP contribution is -2.28. The highest BCUT2D eigenvalue weighted by molar-refractivity contribution is 5.81. The van der Waals surface area contributed by atoms with E-state index in [1.807, 2.05) is 31.2 Å². The van der Waals surface area contributed by atoms with E-state index >= 15 is 0 Å². The molecular formula is C16H19NO2. The summed E-state index contributed by atoms with van der Waals surface area (Å²) in [4.78, 5) is 11.8. The SMILES string of the molecule is CC(NC(=O)C1CC1C)c1ccc(C#CCO)cc1. The van der Waals surface area contributed by atoms with E-state index in [-0.39, 0.29) is 24.5 Å². The number of aliphatic hydroxyl groups excluding tert-OH is 1. The molecule has 3 unspecified atom stereocenters. The zero-order valence-electron chi connectivity index (χ0n) is 11.3. The fourth-order valence-electron chi connectivity index (χ4n) is 2.09. The summed E-state index contributed by atoms with van der Waals surface area (Å²) in [7, 11) is 0. The van der Waals surface area contributed by atoms with E-state index < -0.39 is 0 Å². The lowest BCUT2D eigenvalue weighted by atomic mass is 10.1. The van der Waals surface area contributed by atoms with Crippen molar-refractivity contribution in [1.29, 1.82) is 0 Å². The topological polar surface area (TPSA) is 49.3 Å². The average Bonchev–Trinajstić information content (AvgIpc) is 3.14. The van der Waals surface area contributed by atoms with Gasteiger partial charge in [-0.25, -0.2) is 0 Å². The van der Waals surface area contributed by atoms with Crippen molar-refractivity contribution in [3.63, 3.8) is 0 Å². The molecular weight excluding hydrogens is 238 g/mol. The minimum atomic E-state index is -0.131. The third-order valence-corrected chi connectivity index (χ3v) is 3.53. The summed E-state index contributed by atoms with van der Waals surface area (Å²) in [5, 5.41) is 11.7. The van der Waals surface area contributed by atoms with Gasteiger partial charge in [-0.3, -0.25) is 4.79 Å². The molecule has 1 saturated carbocycles. The van der Waals surface area contributed by atoms with Crippen LogP contribution in [-0.2, 0) is 4.79 Å². The molecule has 2 rings (SSSR count). The number of benzene rings is 1. The van der Waals surface area contributed by atoms with Crippen molar-refractivity contribution in [2.24, 2.45) is 11.8 Å². The molecule has 1 aromatic rings. The van der Waals surface area contributed by atoms with Gasteiger partial charge in [-0.1, -0.05) is 30.9 Å². The predicted molar refractivity (Wildman–Crippen MR) is 74.2 cm³/mol. The van der Waals surface area contributed by atoms with Gasteiger partial charge < -0.3 is 10.4 Å². The van der Waals surface area contributed by atoms with Crippen LogP contribution < -0.4 is 5.32 Å². The van der Waals surface area contributed by atoms with Gasteiger partial charge in [-0.2, -0.15) is 0 Å². The minimum absolute atomic E-state index is 0.0140. The first kappa shape index (κ1) is 13.6. The zero-order valence-corrected chi connectivity index (χ0v) is 11.3. The van der Waals surface area contributed by atoms with Crippen LogP contribution in [-0.4, -0.2) is 17.6 Å². The Labute approximate surface area is 114 Å². The molecule has 0 spiro atoms. The Kier molecular flexibility index (Phi) is 4.24. The number of carbonyl (C=O) groups is 1. The Morgan fingerprint density at radius 1 is 1.47 bits per heavy atom. The normalized spacial score (nSPS) is 22.1. The molecule has 0 heterocycles. The van der Waals surface area contributed by atoms with Crippen LogP contribution in [0, 0.1) is 23.7 Å². The van der Waals surface area contributed by atoms with Crippen molar-refractivity contribution in [3.05, 3.63) is 35.4 Å². The summed E-state index contributed by atoms with van der Waals surface area (Å²) in [5.74, 6) is 6.35. The van der Waals surface area contributed by atoms with Gasteiger partial charge in [0.25, 0.3) is 0 Å². The van der Waals surface area contributed by atoms with E-state index in [0.717, 1.165) is 17.5 Å². The van der Waals surface area contributed by atoms with Crippen LogP contribution in [0.25, 0.3) is 0 Å². The molecule has 1 amide bonds. The second-order valence-corrected chi connectivity index (χ2v) is 5.13. The van der Waals surface area contributed by atoms with Crippen molar-refractivity contribution < 1.29 is 9.90 Å². The molecule has 1 aliphatic rings. The average molecular weight is 257 g/mol. The lowest BCUT2D eigenvalue weighted by molar-refractivity contribution is -0.123. The number of carbonyl (C=O) groups excluding carboxylic acids is 1. The number of nitrogens with one attached hydrogen (secondary N) is 1. The molecule has 0 saturated heterocycles. The molecule has 19 heavy (non-hydrogen) atoms. The van der Waals surface area contributed by atoms with E-state index in [9.17, 15) is 4.79 Å². The molecule has 1 fully saturated rings. The van der Waals surface area contributed by atoms with Gasteiger partial charge in [0.1, 0.15) is 6.61 Å². The lowest BCUT2D eigenvalue weighted by Gasteiger charge is -2.14. The molecule has 0 radical (unpaired) electrons. The monoisotopic (exact) mass is 257 g/mol. The van der Waals surface area contributed by atoms with E-state index in [0.29, 0.717) is 5.92 Å². The van der Waals surface area contributed by atoms with Gasteiger partial charge >= 0.3 is 0 Å². The number of amides is 1. The van der Waals surface area contributed by atoms with Crippen LogP contribution in [0.5, 0.6) is 0 Å². The number of hydrogen-bond acceptors (Lipinski definition) is 2. The minimum Gasteiger partial charge on any atom is -0.384 e. The highest BCUT2D eigenvalue weighted by Gasteiger charge is 2.39. The molecule has 0 aliphatic heterocycles. The second kappa shape index (κ2) is 5.90. The van der Waals surface area contributed by atoms with Gasteiger partial charge in [0.15, 0.2) is 0 Å². The molecule has 2 N–H and O–H groups in total. The molecule has 1 aromatic carbocycles. The summed E-state index contributed by atoms with van der Waals surface area (Å²) in [5.41, 5.74) is 1.93. The van der Waals surface area contributed by atoms with Crippen molar-refractivity contribution in [3.8, 4) is 11.8 Å². The Bertz CT molecular complexity index is 510. The Balaban J connectivity index is 1.95. The third-order valence-electron chi connectivity index (χ3n) is 3.53. The molecule has 0 aromatic heterocycles. The quantitative estimate of drug-likeness (QED) is 0.812. The van der Waals surface area contributed by atoms with Crippen molar-refractivity contribution in [2.45, 2.75) is 26.3 Å². The van der Waals surface area contributed by atoms with E-state index in [1.54, 1.807) is 0 Å². The summed E-state index contributed by atoms with van der Waals surface area (Å²) >= 11 is 0. The second-order valence-electron chi connectivity index (χ2n) is 5.13. The van der Waals surface area contributed by atoms with Gasteiger partial charge in [0, 0.05) is 11.5 Å². The molecule has 0 bridgehead atoms. The van der Waals surface area contributed by atoms with Crippen molar-refractivity contribution in [1.82, 2.24) is 5.32 Å². The van der Waals surface area contributed by atoms with Crippen molar-refractivity contribution in [2.75, 3.05) is 6.61 Å². The zero-order chi connectivity index (χ0) is 13.8. The highest BCUT2D eigenvalue weighted by atomic mass is 16.2. The number of rotatable bonds is 3. The molecule has 3 nitrogen and oxygen atoms in total. The standard InChI is InChI=1S/C16H19NO2/c1-11-10-15(11)16(19)17-12(2)14-7-5-13(6-8-14)4-3-9-18/h5-8,11-12,15,18H,9-10H2,1-2H3,(H,17,19). The van der Waals surface area contributed by atoms with Crippen LogP contribution in [0.15, 0.2) is 24.3 Å². The summed E-state index contributed by atoms with van der Waals surface area (Å²) < 4.78 is 0. The third kappa shape index (κ3) is 3.59. The van der Waals surface area contributed by atoms with Crippen LogP contribution in [0.2, 0.25) is 0 Å². The number of hydrogen-bond donors (Lipinski definition) is 2. The first-order valence-electron chi connectivity index (χ1n) is 6.62. The maximum atomic E-state index is 11.8. The van der Waals surface area contributed by atoms with E-state index in [1.165, 1.54) is 0 Å².